The summed E-state index contributed by atoms with van der Waals surface area (Å²) in [7, 11) is 0. The smallest absolute Gasteiger partial charge is 0.143 e. The highest BCUT2D eigenvalue weighted by atomic mass is 35.5. The second kappa shape index (κ2) is 5.73. The summed E-state index contributed by atoms with van der Waals surface area (Å²) in [6.07, 6.45) is 0. The first-order valence-electron chi connectivity index (χ1n) is 5.79. The zero-order valence-electron chi connectivity index (χ0n) is 10.4. The normalized spacial score (nSPS) is 10.0. The lowest BCUT2D eigenvalue weighted by Crippen LogP contribution is -2.03. The molecular weight excluding hydrogens is 263 g/mol. The van der Waals surface area contributed by atoms with Gasteiger partial charge in [0, 0.05) is 11.6 Å². The molecule has 0 atom stereocenters. The van der Waals surface area contributed by atoms with E-state index in [1.807, 2.05) is 31.2 Å². The molecule has 0 saturated carbocycles. The average Bonchev–Trinajstić information content (AvgIpc) is 2.38. The van der Waals surface area contributed by atoms with Gasteiger partial charge in [-0.1, -0.05) is 23.7 Å². The summed E-state index contributed by atoms with van der Waals surface area (Å²) in [6.45, 7) is 2.47. The molecule has 19 heavy (non-hydrogen) atoms. The van der Waals surface area contributed by atoms with Crippen molar-refractivity contribution in [3.8, 4) is 6.07 Å². The molecule has 0 bridgehead atoms. The first-order chi connectivity index (χ1) is 9.11. The van der Waals surface area contributed by atoms with Crippen molar-refractivity contribution in [2.45, 2.75) is 13.5 Å². The Balaban J connectivity index is 2.20. The maximum Gasteiger partial charge on any atom is 0.143 e. The van der Waals surface area contributed by atoms with E-state index in [1.165, 1.54) is 6.07 Å². The second-order valence-electron chi connectivity index (χ2n) is 4.20. The monoisotopic (exact) mass is 274 g/mol. The summed E-state index contributed by atoms with van der Waals surface area (Å²) < 4.78 is 13.4. The Morgan fingerprint density at radius 1 is 1.32 bits per heavy atom. The minimum absolute atomic E-state index is 0.0362. The van der Waals surface area contributed by atoms with E-state index in [2.05, 4.69) is 5.32 Å². The van der Waals surface area contributed by atoms with E-state index in [4.69, 9.17) is 16.9 Å². The Kier molecular flexibility index (Phi) is 4.03. The van der Waals surface area contributed by atoms with Gasteiger partial charge in [-0.25, -0.2) is 4.39 Å². The van der Waals surface area contributed by atoms with Crippen molar-refractivity contribution in [3.63, 3.8) is 0 Å². The third-order valence-electron chi connectivity index (χ3n) is 2.90. The van der Waals surface area contributed by atoms with Gasteiger partial charge in [-0.3, -0.25) is 0 Å². The summed E-state index contributed by atoms with van der Waals surface area (Å²) in [5.41, 5.74) is 2.64. The first-order valence-corrected chi connectivity index (χ1v) is 6.17. The fraction of sp³-hybridized carbons (Fsp3) is 0.133. The molecule has 4 heteroatoms. The standard InChI is InChI=1S/C15H12ClFN2/c1-10-7-12(16)6-5-11(10)9-19-15-4-2-3-14(17)13(15)8-18/h2-7,19H,9H2,1H3. The van der Waals surface area contributed by atoms with Crippen LogP contribution in [0, 0.1) is 24.1 Å². The van der Waals surface area contributed by atoms with Crippen LogP contribution in [-0.2, 0) is 6.54 Å². The third kappa shape index (κ3) is 3.04. The van der Waals surface area contributed by atoms with Crippen molar-refractivity contribution in [3.05, 3.63) is 63.9 Å². The lowest BCUT2D eigenvalue weighted by molar-refractivity contribution is 0.624. The number of nitrogens with zero attached hydrogens (tertiary/aromatic N) is 1. The van der Waals surface area contributed by atoms with Crippen molar-refractivity contribution in [1.82, 2.24) is 0 Å². The SMILES string of the molecule is Cc1cc(Cl)ccc1CNc1cccc(F)c1C#N. The fourth-order valence-electron chi connectivity index (χ4n) is 1.83. The molecule has 0 saturated heterocycles. The van der Waals surface area contributed by atoms with Crippen LogP contribution in [0.3, 0.4) is 0 Å². The molecule has 0 radical (unpaired) electrons. The van der Waals surface area contributed by atoms with Gasteiger partial charge >= 0.3 is 0 Å². The van der Waals surface area contributed by atoms with Crippen LogP contribution >= 0.6 is 11.6 Å². The summed E-state index contributed by atoms with van der Waals surface area (Å²) in [6, 6.07) is 12.0. The Bertz CT molecular complexity index is 647. The van der Waals surface area contributed by atoms with Crippen LogP contribution in [0.2, 0.25) is 5.02 Å². The van der Waals surface area contributed by atoms with Gasteiger partial charge in [0.25, 0.3) is 0 Å². The highest BCUT2D eigenvalue weighted by Gasteiger charge is 2.07. The molecule has 0 fully saturated rings. The van der Waals surface area contributed by atoms with Crippen LogP contribution in [0.4, 0.5) is 10.1 Å². The molecule has 2 aromatic carbocycles. The predicted molar refractivity (Wildman–Crippen MR) is 74.6 cm³/mol. The van der Waals surface area contributed by atoms with Crippen molar-refractivity contribution in [2.75, 3.05) is 5.32 Å². The Labute approximate surface area is 116 Å². The first kappa shape index (κ1) is 13.4. The van der Waals surface area contributed by atoms with E-state index >= 15 is 0 Å². The predicted octanol–water partition coefficient (Wildman–Crippen LogP) is 4.27. The molecule has 0 unspecified atom stereocenters. The lowest BCUT2D eigenvalue weighted by atomic mass is 10.1. The molecule has 2 nitrogen and oxygen atoms in total. The van der Waals surface area contributed by atoms with Crippen LogP contribution in [0.5, 0.6) is 0 Å². The largest absolute Gasteiger partial charge is 0.380 e. The van der Waals surface area contributed by atoms with Crippen molar-refractivity contribution in [2.24, 2.45) is 0 Å². The van der Waals surface area contributed by atoms with E-state index in [9.17, 15) is 4.39 Å². The van der Waals surface area contributed by atoms with Crippen molar-refractivity contribution >= 4 is 17.3 Å². The van der Waals surface area contributed by atoms with Crippen molar-refractivity contribution < 1.29 is 4.39 Å². The van der Waals surface area contributed by atoms with Gasteiger partial charge in [0.2, 0.25) is 0 Å². The Morgan fingerprint density at radius 2 is 2.11 bits per heavy atom. The molecule has 0 heterocycles. The van der Waals surface area contributed by atoms with Crippen LogP contribution in [-0.4, -0.2) is 0 Å². The van der Waals surface area contributed by atoms with Crippen LogP contribution in [0.15, 0.2) is 36.4 Å². The number of benzene rings is 2. The number of anilines is 1. The van der Waals surface area contributed by atoms with Gasteiger partial charge in [-0.15, -0.1) is 0 Å². The van der Waals surface area contributed by atoms with E-state index in [-0.39, 0.29) is 5.56 Å². The maximum absolute atomic E-state index is 13.4. The highest BCUT2D eigenvalue weighted by molar-refractivity contribution is 6.30. The number of rotatable bonds is 3. The Morgan fingerprint density at radius 3 is 2.79 bits per heavy atom. The fourth-order valence-corrected chi connectivity index (χ4v) is 2.06. The van der Waals surface area contributed by atoms with Gasteiger partial charge in [0.1, 0.15) is 17.4 Å². The van der Waals surface area contributed by atoms with Crippen LogP contribution in [0.25, 0.3) is 0 Å². The van der Waals surface area contributed by atoms with E-state index in [0.29, 0.717) is 17.3 Å². The van der Waals surface area contributed by atoms with Crippen molar-refractivity contribution in [1.29, 1.82) is 5.26 Å². The number of nitrogens with one attached hydrogen (secondary N) is 1. The summed E-state index contributed by atoms with van der Waals surface area (Å²) in [4.78, 5) is 0. The average molecular weight is 275 g/mol. The maximum atomic E-state index is 13.4. The molecule has 1 N–H and O–H groups in total. The minimum Gasteiger partial charge on any atom is -0.380 e. The van der Waals surface area contributed by atoms with E-state index in [1.54, 1.807) is 12.1 Å². The number of hydrogen-bond acceptors (Lipinski definition) is 2. The summed E-state index contributed by atoms with van der Waals surface area (Å²) in [5, 5.41) is 12.7. The highest BCUT2D eigenvalue weighted by Crippen LogP contribution is 2.20. The number of aryl methyl sites for hydroxylation is 1. The molecule has 0 amide bonds. The molecule has 0 aliphatic heterocycles. The quantitative estimate of drug-likeness (QED) is 0.907. The van der Waals surface area contributed by atoms with Gasteiger partial charge in [-0.05, 0) is 42.3 Å². The molecule has 0 aliphatic rings. The van der Waals surface area contributed by atoms with Gasteiger partial charge < -0.3 is 5.32 Å². The second-order valence-corrected chi connectivity index (χ2v) is 4.63. The molecule has 96 valence electrons. The molecule has 2 rings (SSSR count). The molecule has 0 aromatic heterocycles. The summed E-state index contributed by atoms with van der Waals surface area (Å²) >= 11 is 5.89. The van der Waals surface area contributed by atoms with Gasteiger partial charge in [0.05, 0.1) is 5.69 Å². The molecule has 0 spiro atoms. The van der Waals surface area contributed by atoms with E-state index in [0.717, 1.165) is 11.1 Å². The molecule has 2 aromatic rings. The number of nitriles is 1. The third-order valence-corrected chi connectivity index (χ3v) is 3.13. The number of hydrogen-bond donors (Lipinski definition) is 1. The minimum atomic E-state index is -0.514. The topological polar surface area (TPSA) is 35.8 Å². The van der Waals surface area contributed by atoms with Gasteiger partial charge in [0.15, 0.2) is 0 Å². The van der Waals surface area contributed by atoms with Gasteiger partial charge in [-0.2, -0.15) is 5.26 Å². The zero-order chi connectivity index (χ0) is 13.8. The summed E-state index contributed by atoms with van der Waals surface area (Å²) in [5.74, 6) is -0.514. The number of halogens is 2. The van der Waals surface area contributed by atoms with Crippen LogP contribution in [0.1, 0.15) is 16.7 Å². The van der Waals surface area contributed by atoms with Crippen LogP contribution < -0.4 is 5.32 Å². The lowest BCUT2D eigenvalue weighted by Gasteiger charge is -2.11. The molecule has 0 aliphatic carbocycles. The Hall–Kier alpha value is -2.05. The zero-order valence-corrected chi connectivity index (χ0v) is 11.1. The molecular formula is C15H12ClFN2. The van der Waals surface area contributed by atoms with E-state index < -0.39 is 5.82 Å².